The zero-order valence-electron chi connectivity index (χ0n) is 9.33. The molecule has 0 aromatic heterocycles. The molecule has 1 rings (SSSR count). The van der Waals surface area contributed by atoms with Gasteiger partial charge in [0.25, 0.3) is 0 Å². The Kier molecular flexibility index (Phi) is 5.88. The lowest BCUT2D eigenvalue weighted by Gasteiger charge is -2.19. The molecule has 2 N–H and O–H groups in total. The summed E-state index contributed by atoms with van der Waals surface area (Å²) in [6.07, 6.45) is 4.60. The molecule has 16 heavy (non-hydrogen) atoms. The molecule has 5 heteroatoms. The van der Waals surface area contributed by atoms with Crippen LogP contribution < -0.4 is 0 Å². The smallest absolute Gasteiger partial charge is 0.207 e. The Morgan fingerprint density at radius 3 is 2.94 bits per heavy atom. The fourth-order valence-corrected chi connectivity index (χ4v) is 1.56. The van der Waals surface area contributed by atoms with Crippen LogP contribution in [0, 0.1) is 10.8 Å². The number of carbonyl (C=O) groups excluding carboxylic acids is 1. The van der Waals surface area contributed by atoms with Gasteiger partial charge in [0.2, 0.25) is 5.78 Å². The van der Waals surface area contributed by atoms with E-state index in [0.29, 0.717) is 6.61 Å². The number of hydrogen-bond donors (Lipinski definition) is 2. The zero-order chi connectivity index (χ0) is 11.8. The maximum Gasteiger partial charge on any atom is 0.207 e. The fraction of sp³-hybridized carbons (Fsp3) is 0.727. The largest absolute Gasteiger partial charge is 0.381 e. The monoisotopic (exact) mass is 226 g/mol. The minimum Gasteiger partial charge on any atom is -0.381 e. The topological polar surface area (TPSA) is 83.2 Å². The molecule has 0 aromatic carbocycles. The Morgan fingerprint density at radius 2 is 2.19 bits per heavy atom. The highest BCUT2D eigenvalue weighted by Gasteiger charge is 2.14. The number of nitrogens with one attached hydrogen (secondary N) is 2. The first-order chi connectivity index (χ1) is 7.74. The molecule has 1 heterocycles. The molecule has 0 saturated carbocycles. The van der Waals surface area contributed by atoms with Crippen LogP contribution in [0.4, 0.5) is 0 Å². The average Bonchev–Trinajstić information content (AvgIpc) is 2.26. The second-order valence-electron chi connectivity index (χ2n) is 3.81. The van der Waals surface area contributed by atoms with Gasteiger partial charge in [-0.05, 0) is 25.7 Å². The third-order valence-corrected chi connectivity index (χ3v) is 2.54. The van der Waals surface area contributed by atoms with Crippen molar-refractivity contribution in [2.45, 2.75) is 31.8 Å². The van der Waals surface area contributed by atoms with E-state index in [1.807, 2.05) is 0 Å². The maximum absolute atomic E-state index is 11.2. The first-order valence-corrected chi connectivity index (χ1v) is 5.55. The van der Waals surface area contributed by atoms with E-state index in [2.05, 4.69) is 0 Å². The van der Waals surface area contributed by atoms with Crippen molar-refractivity contribution in [3.8, 4) is 0 Å². The van der Waals surface area contributed by atoms with E-state index < -0.39 is 5.78 Å². The maximum atomic E-state index is 11.2. The van der Waals surface area contributed by atoms with E-state index in [1.165, 1.54) is 0 Å². The van der Waals surface area contributed by atoms with Crippen LogP contribution in [0.15, 0.2) is 0 Å². The molecule has 0 radical (unpaired) electrons. The molecule has 1 aliphatic rings. The molecule has 1 fully saturated rings. The second-order valence-corrected chi connectivity index (χ2v) is 3.81. The molecule has 0 amide bonds. The van der Waals surface area contributed by atoms with Gasteiger partial charge in [-0.1, -0.05) is 0 Å². The Morgan fingerprint density at radius 1 is 1.38 bits per heavy atom. The molecule has 1 atom stereocenters. The van der Waals surface area contributed by atoms with Crippen LogP contribution >= 0.6 is 0 Å². The van der Waals surface area contributed by atoms with Crippen molar-refractivity contribution in [2.24, 2.45) is 0 Å². The zero-order valence-corrected chi connectivity index (χ0v) is 9.33. The lowest BCUT2D eigenvalue weighted by atomic mass is 10.1. The summed E-state index contributed by atoms with van der Waals surface area (Å²) in [6, 6.07) is 0. The van der Waals surface area contributed by atoms with E-state index in [9.17, 15) is 4.79 Å². The van der Waals surface area contributed by atoms with Gasteiger partial charge in [0.1, 0.15) is 12.3 Å². The molecule has 1 unspecified atom stereocenters. The molecular weight excluding hydrogens is 208 g/mol. The van der Waals surface area contributed by atoms with E-state index in [0.717, 1.165) is 38.5 Å². The summed E-state index contributed by atoms with van der Waals surface area (Å²) in [4.78, 5) is 11.2. The SMILES string of the molecule is N=CC(=N)C(=O)COC1CCCCOCC1. The normalized spacial score (nSPS) is 21.9. The van der Waals surface area contributed by atoms with Gasteiger partial charge in [0.05, 0.1) is 6.10 Å². The quantitative estimate of drug-likeness (QED) is 0.691. The predicted octanol–water partition coefficient (Wildman–Crippen LogP) is 1.20. The average molecular weight is 226 g/mol. The first kappa shape index (κ1) is 13.0. The fourth-order valence-electron chi connectivity index (χ4n) is 1.56. The minimum absolute atomic E-state index is 0.0442. The lowest BCUT2D eigenvalue weighted by Crippen LogP contribution is -2.26. The van der Waals surface area contributed by atoms with Gasteiger partial charge in [-0.2, -0.15) is 0 Å². The Bertz CT molecular complexity index is 258. The third kappa shape index (κ3) is 4.63. The highest BCUT2D eigenvalue weighted by atomic mass is 16.5. The number of Topliss-reactive ketones (excluding diaryl/α,β-unsaturated/α-hetero) is 1. The van der Waals surface area contributed by atoms with Crippen molar-refractivity contribution < 1.29 is 14.3 Å². The van der Waals surface area contributed by atoms with Crippen molar-refractivity contribution in [3.05, 3.63) is 0 Å². The van der Waals surface area contributed by atoms with Crippen molar-refractivity contribution >= 4 is 17.7 Å². The molecule has 90 valence electrons. The molecule has 0 aliphatic carbocycles. The van der Waals surface area contributed by atoms with Gasteiger partial charge < -0.3 is 14.9 Å². The Hall–Kier alpha value is -1.07. The van der Waals surface area contributed by atoms with Crippen molar-refractivity contribution in [2.75, 3.05) is 19.8 Å². The Labute approximate surface area is 95.1 Å². The summed E-state index contributed by atoms with van der Waals surface area (Å²) >= 11 is 0. The molecule has 0 aromatic rings. The van der Waals surface area contributed by atoms with E-state index in [1.54, 1.807) is 0 Å². The predicted molar refractivity (Wildman–Crippen MR) is 60.5 cm³/mol. The summed E-state index contributed by atoms with van der Waals surface area (Å²) in [5.41, 5.74) is -0.304. The summed E-state index contributed by atoms with van der Waals surface area (Å²) in [6.45, 7) is 1.38. The number of carbonyl (C=O) groups is 1. The van der Waals surface area contributed by atoms with E-state index in [-0.39, 0.29) is 18.4 Å². The summed E-state index contributed by atoms with van der Waals surface area (Å²) < 4.78 is 10.8. The summed E-state index contributed by atoms with van der Waals surface area (Å²) in [7, 11) is 0. The number of hydrogen-bond acceptors (Lipinski definition) is 5. The molecule has 1 saturated heterocycles. The van der Waals surface area contributed by atoms with Crippen LogP contribution in [-0.4, -0.2) is 43.6 Å². The molecule has 0 bridgehead atoms. The minimum atomic E-state index is -0.432. The van der Waals surface area contributed by atoms with Gasteiger partial charge in [-0.25, -0.2) is 0 Å². The van der Waals surface area contributed by atoms with Crippen LogP contribution in [0.1, 0.15) is 25.7 Å². The van der Waals surface area contributed by atoms with Crippen molar-refractivity contribution in [1.29, 1.82) is 10.8 Å². The van der Waals surface area contributed by atoms with Gasteiger partial charge in [-0.3, -0.25) is 10.2 Å². The van der Waals surface area contributed by atoms with Crippen LogP contribution in [0.3, 0.4) is 0 Å². The molecule has 0 spiro atoms. The first-order valence-electron chi connectivity index (χ1n) is 5.55. The van der Waals surface area contributed by atoms with Crippen molar-refractivity contribution in [3.63, 3.8) is 0 Å². The highest BCUT2D eigenvalue weighted by molar-refractivity contribution is 6.60. The number of ketones is 1. The van der Waals surface area contributed by atoms with Gasteiger partial charge in [-0.15, -0.1) is 0 Å². The van der Waals surface area contributed by atoms with Crippen molar-refractivity contribution in [1.82, 2.24) is 0 Å². The summed E-state index contributed by atoms with van der Waals surface area (Å²) in [5.74, 6) is -0.432. The standard InChI is InChI=1S/C11H18N2O3/c12-7-10(13)11(14)8-16-9-3-1-2-5-15-6-4-9/h7,9,12-13H,1-6,8H2. The van der Waals surface area contributed by atoms with E-state index in [4.69, 9.17) is 20.3 Å². The second kappa shape index (κ2) is 7.24. The molecule has 5 nitrogen and oxygen atoms in total. The van der Waals surface area contributed by atoms with Crippen LogP contribution in [0.25, 0.3) is 0 Å². The molecular formula is C11H18N2O3. The van der Waals surface area contributed by atoms with Crippen LogP contribution in [0.5, 0.6) is 0 Å². The molecule has 1 aliphatic heterocycles. The van der Waals surface area contributed by atoms with E-state index >= 15 is 0 Å². The number of rotatable bonds is 5. The van der Waals surface area contributed by atoms with Gasteiger partial charge >= 0.3 is 0 Å². The number of ether oxygens (including phenoxy) is 2. The highest BCUT2D eigenvalue weighted by Crippen LogP contribution is 2.12. The third-order valence-electron chi connectivity index (χ3n) is 2.54. The lowest BCUT2D eigenvalue weighted by molar-refractivity contribution is -0.119. The Balaban J connectivity index is 2.26. The van der Waals surface area contributed by atoms with Gasteiger partial charge in [0.15, 0.2) is 0 Å². The van der Waals surface area contributed by atoms with Crippen LogP contribution in [-0.2, 0) is 14.3 Å². The van der Waals surface area contributed by atoms with Crippen LogP contribution in [0.2, 0.25) is 0 Å². The summed E-state index contributed by atoms with van der Waals surface area (Å²) in [5, 5.41) is 13.9. The van der Waals surface area contributed by atoms with Gasteiger partial charge in [0, 0.05) is 19.4 Å².